The molecule has 110 valence electrons. The molecule has 0 saturated heterocycles. The Balaban J connectivity index is 0.00000324. The SMILES string of the molecule is CCNC(=NCc1cc(C)oc1C)NCCOC.I. The highest BCUT2D eigenvalue weighted by molar-refractivity contribution is 14.0. The number of rotatable bonds is 6. The Morgan fingerprint density at radius 2 is 2.11 bits per heavy atom. The molecule has 0 bridgehead atoms. The lowest BCUT2D eigenvalue weighted by atomic mass is 10.2. The molecule has 19 heavy (non-hydrogen) atoms. The second-order valence-corrected chi connectivity index (χ2v) is 4.05. The van der Waals surface area contributed by atoms with Crippen LogP contribution in [0.15, 0.2) is 15.5 Å². The maximum atomic E-state index is 5.48. The first-order valence-electron chi connectivity index (χ1n) is 6.24. The number of nitrogens with one attached hydrogen (secondary N) is 2. The summed E-state index contributed by atoms with van der Waals surface area (Å²) < 4.78 is 10.5. The summed E-state index contributed by atoms with van der Waals surface area (Å²) in [5.74, 6) is 2.66. The zero-order valence-corrected chi connectivity index (χ0v) is 14.4. The summed E-state index contributed by atoms with van der Waals surface area (Å²) in [4.78, 5) is 4.51. The molecule has 1 aromatic heterocycles. The van der Waals surface area contributed by atoms with Gasteiger partial charge in [-0.15, -0.1) is 24.0 Å². The van der Waals surface area contributed by atoms with Gasteiger partial charge in [-0.05, 0) is 26.8 Å². The minimum absolute atomic E-state index is 0. The van der Waals surface area contributed by atoms with Crippen molar-refractivity contribution in [3.63, 3.8) is 0 Å². The monoisotopic (exact) mass is 381 g/mol. The minimum Gasteiger partial charge on any atom is -0.466 e. The molecule has 6 heteroatoms. The van der Waals surface area contributed by atoms with E-state index in [4.69, 9.17) is 9.15 Å². The number of nitrogens with zero attached hydrogens (tertiary/aromatic N) is 1. The van der Waals surface area contributed by atoms with Crippen molar-refractivity contribution in [3.8, 4) is 0 Å². The van der Waals surface area contributed by atoms with Gasteiger partial charge in [0.2, 0.25) is 0 Å². The van der Waals surface area contributed by atoms with E-state index in [-0.39, 0.29) is 24.0 Å². The summed E-state index contributed by atoms with van der Waals surface area (Å²) in [6.45, 7) is 8.81. The molecule has 0 aliphatic rings. The second-order valence-electron chi connectivity index (χ2n) is 4.05. The van der Waals surface area contributed by atoms with Crippen molar-refractivity contribution < 1.29 is 9.15 Å². The first-order chi connectivity index (χ1) is 8.67. The van der Waals surface area contributed by atoms with Crippen LogP contribution in [-0.2, 0) is 11.3 Å². The third-order valence-corrected chi connectivity index (χ3v) is 2.49. The van der Waals surface area contributed by atoms with Gasteiger partial charge in [0.25, 0.3) is 0 Å². The maximum Gasteiger partial charge on any atom is 0.191 e. The highest BCUT2D eigenvalue weighted by Gasteiger charge is 2.04. The molecule has 0 amide bonds. The van der Waals surface area contributed by atoms with Crippen molar-refractivity contribution >= 4 is 29.9 Å². The van der Waals surface area contributed by atoms with Gasteiger partial charge in [-0.25, -0.2) is 4.99 Å². The molecule has 0 aliphatic heterocycles. The lowest BCUT2D eigenvalue weighted by molar-refractivity contribution is 0.203. The molecule has 0 unspecified atom stereocenters. The van der Waals surface area contributed by atoms with E-state index < -0.39 is 0 Å². The molecule has 0 saturated carbocycles. The van der Waals surface area contributed by atoms with Crippen molar-refractivity contribution in [2.75, 3.05) is 26.8 Å². The number of ether oxygens (including phenoxy) is 1. The number of aryl methyl sites for hydroxylation is 2. The number of methoxy groups -OCH3 is 1. The van der Waals surface area contributed by atoms with E-state index in [2.05, 4.69) is 15.6 Å². The Bertz CT molecular complexity index is 391. The van der Waals surface area contributed by atoms with Gasteiger partial charge in [-0.3, -0.25) is 0 Å². The van der Waals surface area contributed by atoms with Crippen molar-refractivity contribution in [1.82, 2.24) is 10.6 Å². The summed E-state index contributed by atoms with van der Waals surface area (Å²) in [6, 6.07) is 2.03. The Morgan fingerprint density at radius 3 is 2.63 bits per heavy atom. The fourth-order valence-corrected chi connectivity index (χ4v) is 1.62. The molecule has 0 aliphatic carbocycles. The third kappa shape index (κ3) is 6.81. The molecule has 0 spiro atoms. The first kappa shape index (κ1) is 18.2. The molecule has 0 aromatic carbocycles. The number of halogens is 1. The van der Waals surface area contributed by atoms with Crippen LogP contribution in [0.4, 0.5) is 0 Å². The summed E-state index contributed by atoms with van der Waals surface area (Å²) in [5.41, 5.74) is 1.12. The van der Waals surface area contributed by atoms with E-state index >= 15 is 0 Å². The van der Waals surface area contributed by atoms with Gasteiger partial charge < -0.3 is 19.8 Å². The maximum absolute atomic E-state index is 5.48. The van der Waals surface area contributed by atoms with Gasteiger partial charge in [0.05, 0.1) is 13.2 Å². The van der Waals surface area contributed by atoms with E-state index in [0.29, 0.717) is 13.2 Å². The number of hydrogen-bond acceptors (Lipinski definition) is 3. The largest absolute Gasteiger partial charge is 0.466 e. The molecule has 0 atom stereocenters. The van der Waals surface area contributed by atoms with Crippen LogP contribution in [0.25, 0.3) is 0 Å². The minimum atomic E-state index is 0. The molecule has 1 aromatic rings. The third-order valence-electron chi connectivity index (χ3n) is 2.49. The van der Waals surface area contributed by atoms with Gasteiger partial charge >= 0.3 is 0 Å². The zero-order valence-electron chi connectivity index (χ0n) is 12.1. The van der Waals surface area contributed by atoms with E-state index in [9.17, 15) is 0 Å². The van der Waals surface area contributed by atoms with Gasteiger partial charge in [-0.2, -0.15) is 0 Å². The fraction of sp³-hybridized carbons (Fsp3) is 0.615. The average molecular weight is 381 g/mol. The van der Waals surface area contributed by atoms with E-state index in [0.717, 1.165) is 36.1 Å². The van der Waals surface area contributed by atoms with Crippen molar-refractivity contribution in [2.24, 2.45) is 4.99 Å². The summed E-state index contributed by atoms with van der Waals surface area (Å²) in [5, 5.41) is 6.39. The zero-order chi connectivity index (χ0) is 13.4. The van der Waals surface area contributed by atoms with Crippen LogP contribution >= 0.6 is 24.0 Å². The predicted molar refractivity (Wildman–Crippen MR) is 88.3 cm³/mol. The molecule has 0 radical (unpaired) electrons. The highest BCUT2D eigenvalue weighted by atomic mass is 127. The van der Waals surface area contributed by atoms with Gasteiger partial charge in [0.15, 0.2) is 5.96 Å². The van der Waals surface area contributed by atoms with Crippen LogP contribution in [0.5, 0.6) is 0 Å². The summed E-state index contributed by atoms with van der Waals surface area (Å²) >= 11 is 0. The van der Waals surface area contributed by atoms with Crippen molar-refractivity contribution in [2.45, 2.75) is 27.3 Å². The first-order valence-corrected chi connectivity index (χ1v) is 6.24. The van der Waals surface area contributed by atoms with Crippen LogP contribution in [0.3, 0.4) is 0 Å². The van der Waals surface area contributed by atoms with Crippen LogP contribution in [-0.4, -0.2) is 32.8 Å². The Morgan fingerprint density at radius 1 is 1.37 bits per heavy atom. The lowest BCUT2D eigenvalue weighted by Crippen LogP contribution is -2.38. The van der Waals surface area contributed by atoms with E-state index in [1.807, 2.05) is 26.8 Å². The van der Waals surface area contributed by atoms with Crippen LogP contribution in [0.1, 0.15) is 24.0 Å². The molecule has 0 fully saturated rings. The second kappa shape index (κ2) is 10.1. The molecule has 1 heterocycles. The molecule has 5 nitrogen and oxygen atoms in total. The molecule has 2 N–H and O–H groups in total. The quantitative estimate of drug-likeness (QED) is 0.343. The van der Waals surface area contributed by atoms with Crippen molar-refractivity contribution in [1.29, 1.82) is 0 Å². The van der Waals surface area contributed by atoms with Gasteiger partial charge in [0, 0.05) is 25.8 Å². The fourth-order valence-electron chi connectivity index (χ4n) is 1.62. The smallest absolute Gasteiger partial charge is 0.191 e. The average Bonchev–Trinajstić information content (AvgIpc) is 2.65. The van der Waals surface area contributed by atoms with Gasteiger partial charge in [0.1, 0.15) is 11.5 Å². The molecular weight excluding hydrogens is 357 g/mol. The molecule has 1 rings (SSSR count). The van der Waals surface area contributed by atoms with E-state index in [1.165, 1.54) is 0 Å². The normalized spacial score (nSPS) is 11.1. The Hall–Kier alpha value is -0.760. The molecular formula is C13H24IN3O2. The van der Waals surface area contributed by atoms with Crippen LogP contribution in [0, 0.1) is 13.8 Å². The Kier molecular flexibility index (Phi) is 9.68. The Labute approximate surface area is 132 Å². The summed E-state index contributed by atoms with van der Waals surface area (Å²) in [7, 11) is 1.68. The topological polar surface area (TPSA) is 58.8 Å². The summed E-state index contributed by atoms with van der Waals surface area (Å²) in [6.07, 6.45) is 0. The lowest BCUT2D eigenvalue weighted by Gasteiger charge is -2.10. The highest BCUT2D eigenvalue weighted by Crippen LogP contribution is 2.14. The predicted octanol–water partition coefficient (Wildman–Crippen LogP) is 2.22. The van der Waals surface area contributed by atoms with E-state index in [1.54, 1.807) is 7.11 Å². The number of furan rings is 1. The number of guanidine groups is 1. The number of hydrogen-bond donors (Lipinski definition) is 2. The standard InChI is InChI=1S/C13H23N3O2.HI/c1-5-14-13(15-6-7-17-4)16-9-12-8-10(2)18-11(12)3;/h8H,5-7,9H2,1-4H3,(H2,14,15,16);1H. The van der Waals surface area contributed by atoms with Gasteiger partial charge in [-0.1, -0.05) is 0 Å². The van der Waals surface area contributed by atoms with Crippen LogP contribution < -0.4 is 10.6 Å². The number of aliphatic imine (C=N–C) groups is 1. The van der Waals surface area contributed by atoms with Crippen LogP contribution in [0.2, 0.25) is 0 Å². The van der Waals surface area contributed by atoms with Crippen molar-refractivity contribution in [3.05, 3.63) is 23.2 Å².